The van der Waals surface area contributed by atoms with Gasteiger partial charge in [0.15, 0.2) is 0 Å². The van der Waals surface area contributed by atoms with Crippen molar-refractivity contribution in [1.29, 1.82) is 0 Å². The average molecular weight is 425 g/mol. The quantitative estimate of drug-likeness (QED) is 0.568. The predicted octanol–water partition coefficient (Wildman–Crippen LogP) is 5.79. The largest absolute Gasteiger partial charge is 0.358 e. The van der Waals surface area contributed by atoms with E-state index in [1.54, 1.807) is 11.8 Å². The molecule has 0 atom stereocenters. The van der Waals surface area contributed by atoms with Crippen LogP contribution in [0.4, 0.5) is 5.69 Å². The molecule has 0 saturated heterocycles. The molecule has 0 aliphatic rings. The summed E-state index contributed by atoms with van der Waals surface area (Å²) in [5.41, 5.74) is 0.798. The number of carbonyl (C=O) groups excluding carboxylic acids is 1. The molecule has 0 aromatic heterocycles. The van der Waals surface area contributed by atoms with E-state index < -0.39 is 0 Å². The summed E-state index contributed by atoms with van der Waals surface area (Å²) in [6, 6.07) is 15.4. The number of thioether (sulfide) groups is 1. The Morgan fingerprint density at radius 2 is 1.77 bits per heavy atom. The Bertz CT molecular complexity index is 749. The van der Waals surface area contributed by atoms with Crippen LogP contribution in [0.2, 0.25) is 5.02 Å². The number of halogens is 1. The highest BCUT2D eigenvalue weighted by Gasteiger charge is 2.11. The van der Waals surface area contributed by atoms with Crippen LogP contribution in [-0.2, 0) is 4.79 Å². The number of para-hydroxylation sites is 1. The van der Waals surface area contributed by atoms with Gasteiger partial charge in [-0.05, 0) is 50.2 Å². The van der Waals surface area contributed by atoms with Gasteiger partial charge >= 0.3 is 0 Å². The first-order valence-corrected chi connectivity index (χ1v) is 10.9. The van der Waals surface area contributed by atoms with Crippen molar-refractivity contribution >= 4 is 63.3 Å². The smallest absolute Gasteiger partial charge is 0.234 e. The number of amides is 1. The number of anilines is 1. The Hall–Kier alpha value is -1.21. The maximum absolute atomic E-state index is 12.3. The summed E-state index contributed by atoms with van der Waals surface area (Å²) in [5.74, 6) is 0.239. The van der Waals surface area contributed by atoms with E-state index in [9.17, 15) is 4.79 Å². The van der Waals surface area contributed by atoms with Gasteiger partial charge in [-0.3, -0.25) is 4.79 Å². The second-order valence-corrected chi connectivity index (χ2v) is 8.49. The summed E-state index contributed by atoms with van der Waals surface area (Å²) in [7, 11) is 0. The molecule has 0 radical (unpaired) electrons. The van der Waals surface area contributed by atoms with Crippen molar-refractivity contribution in [2.45, 2.75) is 23.6 Å². The first-order valence-electron chi connectivity index (χ1n) is 8.27. The van der Waals surface area contributed by atoms with Crippen molar-refractivity contribution in [3.8, 4) is 0 Å². The van der Waals surface area contributed by atoms with Crippen molar-refractivity contribution in [2.24, 2.45) is 0 Å². The molecule has 0 unspecified atom stereocenters. The first-order chi connectivity index (χ1) is 12.5. The van der Waals surface area contributed by atoms with E-state index in [2.05, 4.69) is 24.1 Å². The minimum atomic E-state index is -0.0614. The summed E-state index contributed by atoms with van der Waals surface area (Å²) < 4.78 is 0.758. The molecule has 0 saturated carbocycles. The molecular weight excluding hydrogens is 404 g/mol. The molecule has 7 heteroatoms. The van der Waals surface area contributed by atoms with Gasteiger partial charge in [-0.25, -0.2) is 0 Å². The van der Waals surface area contributed by atoms with Crippen LogP contribution in [0.3, 0.4) is 0 Å². The van der Waals surface area contributed by atoms with Gasteiger partial charge in [0.25, 0.3) is 0 Å². The highest BCUT2D eigenvalue weighted by molar-refractivity contribution is 8.23. The van der Waals surface area contributed by atoms with Gasteiger partial charge in [0.1, 0.15) is 4.32 Å². The number of benzene rings is 2. The van der Waals surface area contributed by atoms with Gasteiger partial charge in [-0.15, -0.1) is 0 Å². The van der Waals surface area contributed by atoms with Crippen molar-refractivity contribution < 1.29 is 4.79 Å². The molecule has 0 aliphatic heterocycles. The van der Waals surface area contributed by atoms with Gasteiger partial charge < -0.3 is 10.2 Å². The normalized spacial score (nSPS) is 10.4. The van der Waals surface area contributed by atoms with Crippen LogP contribution >= 0.6 is 47.3 Å². The van der Waals surface area contributed by atoms with E-state index in [0.29, 0.717) is 10.8 Å². The zero-order valence-electron chi connectivity index (χ0n) is 14.7. The fraction of sp³-hybridized carbons (Fsp3) is 0.263. The van der Waals surface area contributed by atoms with Crippen LogP contribution in [0, 0.1) is 0 Å². The molecule has 138 valence electrons. The maximum atomic E-state index is 12.3. The maximum Gasteiger partial charge on any atom is 0.234 e. The molecule has 0 heterocycles. The summed E-state index contributed by atoms with van der Waals surface area (Å²) in [4.78, 5) is 16.4. The Kier molecular flexibility index (Phi) is 8.78. The van der Waals surface area contributed by atoms with Gasteiger partial charge in [0.05, 0.1) is 11.4 Å². The highest BCUT2D eigenvalue weighted by atomic mass is 35.5. The molecule has 2 aromatic carbocycles. The lowest BCUT2D eigenvalue weighted by Crippen LogP contribution is -2.28. The summed E-state index contributed by atoms with van der Waals surface area (Å²) in [5, 5.41) is 3.69. The first kappa shape index (κ1) is 21.1. The van der Waals surface area contributed by atoms with Crippen LogP contribution in [0.1, 0.15) is 13.8 Å². The second kappa shape index (κ2) is 10.8. The van der Waals surface area contributed by atoms with Crippen LogP contribution in [0.25, 0.3) is 0 Å². The number of carbonyl (C=O) groups is 1. The van der Waals surface area contributed by atoms with Gasteiger partial charge in [-0.2, -0.15) is 0 Å². The van der Waals surface area contributed by atoms with Crippen molar-refractivity contribution in [3.05, 3.63) is 53.6 Å². The molecule has 1 N–H and O–H groups in total. The van der Waals surface area contributed by atoms with Crippen molar-refractivity contribution in [1.82, 2.24) is 4.90 Å². The van der Waals surface area contributed by atoms with E-state index in [-0.39, 0.29) is 5.91 Å². The van der Waals surface area contributed by atoms with E-state index in [0.717, 1.165) is 32.9 Å². The van der Waals surface area contributed by atoms with Crippen molar-refractivity contribution in [3.63, 3.8) is 0 Å². The van der Waals surface area contributed by atoms with Crippen LogP contribution in [0.5, 0.6) is 0 Å². The number of nitrogens with one attached hydrogen (secondary N) is 1. The topological polar surface area (TPSA) is 32.3 Å². The van der Waals surface area contributed by atoms with E-state index >= 15 is 0 Å². The third-order valence-electron chi connectivity index (χ3n) is 3.55. The molecule has 1 amide bonds. The lowest BCUT2D eigenvalue weighted by Gasteiger charge is -2.20. The second-order valence-electron chi connectivity index (χ2n) is 5.33. The van der Waals surface area contributed by atoms with Gasteiger partial charge in [0.2, 0.25) is 5.91 Å². The molecule has 0 bridgehead atoms. The SMILES string of the molecule is CCN(CC)C(=S)SCC(=O)Nc1ccccc1Sc1ccc(Cl)cc1. The molecular formula is C19H21ClN2OS3. The standard InChI is InChI=1S/C19H21ClN2OS3/c1-3-22(4-2)19(24)25-13-18(23)21-16-7-5-6-8-17(16)26-15-11-9-14(20)10-12-15/h5-12H,3-4,13H2,1-2H3,(H,21,23). The minimum absolute atomic E-state index is 0.0614. The van der Waals surface area contributed by atoms with Crippen LogP contribution in [0.15, 0.2) is 58.3 Å². The number of thiocarbonyl (C=S) groups is 1. The highest BCUT2D eigenvalue weighted by Crippen LogP contribution is 2.33. The Morgan fingerprint density at radius 1 is 1.12 bits per heavy atom. The summed E-state index contributed by atoms with van der Waals surface area (Å²) >= 11 is 14.3. The van der Waals surface area contributed by atoms with Gasteiger partial charge in [0, 0.05) is 27.9 Å². The number of hydrogen-bond acceptors (Lipinski definition) is 4. The molecule has 2 aromatic rings. The summed E-state index contributed by atoms with van der Waals surface area (Å²) in [6.07, 6.45) is 0. The van der Waals surface area contributed by atoms with Crippen LogP contribution in [-0.4, -0.2) is 34.0 Å². The van der Waals surface area contributed by atoms with E-state index in [4.69, 9.17) is 23.8 Å². The van der Waals surface area contributed by atoms with E-state index in [1.165, 1.54) is 11.8 Å². The number of hydrogen-bond donors (Lipinski definition) is 1. The monoisotopic (exact) mass is 424 g/mol. The lowest BCUT2D eigenvalue weighted by molar-refractivity contribution is -0.113. The molecule has 3 nitrogen and oxygen atoms in total. The third-order valence-corrected chi connectivity index (χ3v) is 6.41. The number of rotatable bonds is 7. The van der Waals surface area contributed by atoms with Crippen LogP contribution < -0.4 is 5.32 Å². The average Bonchev–Trinajstić information content (AvgIpc) is 2.64. The van der Waals surface area contributed by atoms with Crippen molar-refractivity contribution in [2.75, 3.05) is 24.2 Å². The lowest BCUT2D eigenvalue weighted by atomic mass is 10.3. The zero-order valence-corrected chi connectivity index (χ0v) is 17.9. The fourth-order valence-electron chi connectivity index (χ4n) is 2.18. The zero-order chi connectivity index (χ0) is 18.9. The number of nitrogens with zero attached hydrogens (tertiary/aromatic N) is 1. The Morgan fingerprint density at radius 3 is 2.42 bits per heavy atom. The third kappa shape index (κ3) is 6.50. The minimum Gasteiger partial charge on any atom is -0.358 e. The summed E-state index contributed by atoms with van der Waals surface area (Å²) in [6.45, 7) is 5.82. The van der Waals surface area contributed by atoms with E-state index in [1.807, 2.05) is 48.5 Å². The molecule has 0 aliphatic carbocycles. The predicted molar refractivity (Wildman–Crippen MR) is 119 cm³/mol. The molecule has 2 rings (SSSR count). The molecule has 26 heavy (non-hydrogen) atoms. The Balaban J connectivity index is 1.97. The molecule has 0 spiro atoms. The fourth-order valence-corrected chi connectivity index (χ4v) is 4.41. The molecule has 0 fully saturated rings. The Labute approximate surface area is 173 Å². The van der Waals surface area contributed by atoms with Gasteiger partial charge in [-0.1, -0.05) is 59.5 Å².